The Labute approximate surface area is 458 Å². The number of hydrogen-bond donors (Lipinski definition) is 3. The zero-order chi connectivity index (χ0) is 56.3. The molecule has 0 spiro atoms. The summed E-state index contributed by atoms with van der Waals surface area (Å²) in [6.07, 6.45) is 5.46. The van der Waals surface area contributed by atoms with Gasteiger partial charge in [0.05, 0.1) is 11.8 Å². The number of amides is 2. The summed E-state index contributed by atoms with van der Waals surface area (Å²) in [4.78, 5) is 36.4. The molecule has 2 amide bonds. The molecule has 6 atom stereocenters. The fourth-order valence-electron chi connectivity index (χ4n) is 12.7. The van der Waals surface area contributed by atoms with Gasteiger partial charge in [-0.3, -0.25) is 19.4 Å². The summed E-state index contributed by atoms with van der Waals surface area (Å²) in [5.74, 6) is -2.66. The van der Waals surface area contributed by atoms with E-state index in [0.29, 0.717) is 81.9 Å². The maximum atomic E-state index is 14.9. The van der Waals surface area contributed by atoms with Crippen LogP contribution in [0.3, 0.4) is 0 Å². The lowest BCUT2D eigenvalue weighted by Gasteiger charge is -2.36. The number of carbonyl (C=O) groups is 2. The molecule has 5 N–H and O–H groups in total. The average Bonchev–Trinajstić information content (AvgIpc) is 4.05. The minimum atomic E-state index is -0.592. The molecule has 0 saturated carbocycles. The average molecular weight is 1070 g/mol. The monoisotopic (exact) mass is 1070 g/mol. The van der Waals surface area contributed by atoms with E-state index in [1.165, 1.54) is 68.8 Å². The van der Waals surface area contributed by atoms with Crippen LogP contribution < -0.4 is 16.8 Å². The smallest absolute Gasteiger partial charge is 0.227 e. The molecule has 9 nitrogen and oxygen atoms in total. The topological polar surface area (TPSA) is 111 Å². The zero-order valence-corrected chi connectivity index (χ0v) is 48.5. The molecule has 422 valence electrons. The van der Waals surface area contributed by atoms with Crippen molar-refractivity contribution >= 4 is 11.8 Å². The molecule has 4 saturated heterocycles. The van der Waals surface area contributed by atoms with Gasteiger partial charge in [0.15, 0.2) is 0 Å². The van der Waals surface area contributed by atoms with E-state index in [4.69, 9.17) is 11.5 Å². The lowest BCUT2D eigenvalue weighted by molar-refractivity contribution is -0.137. The third-order valence-electron chi connectivity index (χ3n) is 17.9. The number of nitrogens with two attached hydrogens (primary N) is 2. The molecule has 4 aliphatic rings. The quantitative estimate of drug-likeness (QED) is 0.114. The van der Waals surface area contributed by atoms with Gasteiger partial charge in [-0.1, -0.05) is 50.2 Å². The Morgan fingerprint density at radius 1 is 0.571 bits per heavy atom. The van der Waals surface area contributed by atoms with Crippen LogP contribution in [0.4, 0.5) is 17.6 Å². The highest BCUT2D eigenvalue weighted by atomic mass is 19.1. The van der Waals surface area contributed by atoms with Crippen molar-refractivity contribution in [3.63, 3.8) is 0 Å². The van der Waals surface area contributed by atoms with Crippen LogP contribution in [0, 0.1) is 62.8 Å². The Hall–Kier alpha value is -4.66. The van der Waals surface area contributed by atoms with Crippen molar-refractivity contribution in [3.05, 3.63) is 140 Å². The van der Waals surface area contributed by atoms with Gasteiger partial charge < -0.3 is 26.6 Å². The molecular weight excluding hydrogens is 975 g/mol. The van der Waals surface area contributed by atoms with Gasteiger partial charge in [0.25, 0.3) is 0 Å². The van der Waals surface area contributed by atoms with E-state index in [9.17, 15) is 27.2 Å². The second-order valence-electron chi connectivity index (χ2n) is 25.0. The fourth-order valence-corrected chi connectivity index (χ4v) is 12.7. The predicted octanol–water partition coefficient (Wildman–Crippen LogP) is 12.0. The van der Waals surface area contributed by atoms with Crippen molar-refractivity contribution < 1.29 is 27.2 Å². The van der Waals surface area contributed by atoms with Gasteiger partial charge >= 0.3 is 0 Å². The van der Waals surface area contributed by atoms with Crippen molar-refractivity contribution in [3.8, 4) is 0 Å². The van der Waals surface area contributed by atoms with Crippen LogP contribution in [0.15, 0.2) is 60.7 Å². The molecule has 77 heavy (non-hydrogen) atoms. The zero-order valence-electron chi connectivity index (χ0n) is 48.5. The number of piperidine rings is 2. The van der Waals surface area contributed by atoms with Crippen LogP contribution in [-0.4, -0.2) is 108 Å². The van der Waals surface area contributed by atoms with E-state index in [1.54, 1.807) is 0 Å². The number of carbonyl (C=O) groups excluding carboxylic acids is 2. The number of benzene rings is 4. The van der Waals surface area contributed by atoms with Crippen molar-refractivity contribution in [1.29, 1.82) is 0 Å². The van der Waals surface area contributed by atoms with Gasteiger partial charge in [-0.15, -0.1) is 0 Å². The first-order chi connectivity index (χ1) is 36.3. The van der Waals surface area contributed by atoms with Crippen LogP contribution in [-0.2, 0) is 9.59 Å². The van der Waals surface area contributed by atoms with Crippen LogP contribution in [0.2, 0.25) is 0 Å². The summed E-state index contributed by atoms with van der Waals surface area (Å²) in [6.45, 7) is 32.1. The fraction of sp³-hybridized carbons (Fsp3) is 0.594. The third kappa shape index (κ3) is 13.9. The molecule has 4 aromatic rings. The van der Waals surface area contributed by atoms with Crippen LogP contribution in [0.5, 0.6) is 0 Å². The highest BCUT2D eigenvalue weighted by molar-refractivity contribution is 5.81. The Kier molecular flexibility index (Phi) is 19.6. The predicted molar refractivity (Wildman–Crippen MR) is 304 cm³/mol. The molecule has 0 bridgehead atoms. The summed E-state index contributed by atoms with van der Waals surface area (Å²) in [7, 11) is 0. The lowest BCUT2D eigenvalue weighted by Crippen LogP contribution is -2.44. The van der Waals surface area contributed by atoms with E-state index in [1.807, 2.05) is 9.80 Å². The maximum Gasteiger partial charge on any atom is 0.227 e. The van der Waals surface area contributed by atoms with Crippen molar-refractivity contribution in [2.45, 2.75) is 168 Å². The summed E-state index contributed by atoms with van der Waals surface area (Å²) in [5, 5.41) is 3.62. The number of rotatable bonds is 13. The highest BCUT2D eigenvalue weighted by Crippen LogP contribution is 2.43. The Morgan fingerprint density at radius 3 is 1.32 bits per heavy atom. The number of hydrogen-bond acceptors (Lipinski definition) is 7. The summed E-state index contributed by atoms with van der Waals surface area (Å²) < 4.78 is 57.1. The minimum absolute atomic E-state index is 0.0159. The molecular formula is C64H91F4N7O2. The summed E-state index contributed by atoms with van der Waals surface area (Å²) in [5.41, 5.74) is 23.3. The number of nitrogens with zero attached hydrogens (tertiary/aromatic N) is 4. The number of likely N-dealkylation sites (tertiary alicyclic amines) is 4. The van der Waals surface area contributed by atoms with Crippen molar-refractivity contribution in [1.82, 2.24) is 24.9 Å². The molecule has 4 aromatic carbocycles. The van der Waals surface area contributed by atoms with Gasteiger partial charge in [-0.05, 0) is 187 Å². The number of halogens is 4. The largest absolute Gasteiger partial charge is 0.342 e. The molecule has 0 aromatic heterocycles. The Balaban J connectivity index is 0.000000224. The molecule has 8 rings (SSSR count). The molecule has 0 unspecified atom stereocenters. The van der Waals surface area contributed by atoms with Gasteiger partial charge in [-0.2, -0.15) is 0 Å². The molecule has 4 fully saturated rings. The number of aryl methyl sites for hydroxylation is 4. The molecule has 0 aliphatic carbocycles. The Morgan fingerprint density at radius 2 is 0.961 bits per heavy atom. The van der Waals surface area contributed by atoms with Gasteiger partial charge in [0, 0.05) is 113 Å². The SMILES string of the molecule is CC[C@H](N)c1cc(C)c(C)cc1C1CCN(C(=O)[C@@H]2CN(C(C)(C)C)C[C@H]2c2ccc(F)cc2F)CC1.CC[C@H](NCCN)c1cc(C)c(C)cc1C1CCN(C(=O)[C@@H]2CN(C(C)(C)C)C[C@H]2c2ccc(F)cc2F)CC1. The first-order valence-electron chi connectivity index (χ1n) is 28.7. The molecule has 0 radical (unpaired) electrons. The van der Waals surface area contributed by atoms with Crippen LogP contribution in [0.1, 0.15) is 185 Å². The van der Waals surface area contributed by atoms with Gasteiger partial charge in [0.2, 0.25) is 11.8 Å². The standard InChI is InChI=1S/C33H48F2N4O.C31H43F2N3O/c1-7-31(37-13-12-36)27-17-22(3)21(2)16-26(27)23-10-14-38(15-11-23)32(40)29-20-39(33(4,5)6)19-28(29)25-9-8-24(34)18-30(25)35;1-7-29(34)25-15-20(3)19(2)14-24(25)21-10-12-35(13-11-21)30(37)27-18-36(31(4,5)6)17-26(27)23-9-8-22(32)16-28(23)33/h8-9,16-18,23,28-29,31,37H,7,10-15,19-20,36H2,1-6H3;8-9,14-16,21,26-27,29H,7,10-13,17-18,34H2,1-6H3/t28-,29+,31-;26-,27+,29-/m00/s1. The summed E-state index contributed by atoms with van der Waals surface area (Å²) >= 11 is 0. The van der Waals surface area contributed by atoms with Crippen molar-refractivity contribution in [2.75, 3.05) is 65.4 Å². The lowest BCUT2D eigenvalue weighted by atomic mass is 9.81. The second kappa shape index (κ2) is 25.2. The highest BCUT2D eigenvalue weighted by Gasteiger charge is 2.47. The van der Waals surface area contributed by atoms with E-state index in [-0.39, 0.29) is 58.6 Å². The first kappa shape index (κ1) is 60.0. The normalized spacial score (nSPS) is 22.1. The van der Waals surface area contributed by atoms with Crippen LogP contribution >= 0.6 is 0 Å². The van der Waals surface area contributed by atoms with Gasteiger partial charge in [0.1, 0.15) is 23.3 Å². The van der Waals surface area contributed by atoms with E-state index < -0.39 is 23.3 Å². The Bertz CT molecular complexity index is 2680. The summed E-state index contributed by atoms with van der Waals surface area (Å²) in [6, 6.07) is 17.0. The second-order valence-corrected chi connectivity index (χ2v) is 25.0. The molecule has 4 aliphatic heterocycles. The van der Waals surface area contributed by atoms with E-state index in [0.717, 1.165) is 57.2 Å². The molecule has 4 heterocycles. The van der Waals surface area contributed by atoms with E-state index >= 15 is 0 Å². The van der Waals surface area contributed by atoms with Gasteiger partial charge in [-0.25, -0.2) is 17.6 Å². The van der Waals surface area contributed by atoms with Crippen molar-refractivity contribution in [2.24, 2.45) is 23.3 Å². The van der Waals surface area contributed by atoms with E-state index in [2.05, 4.69) is 122 Å². The minimum Gasteiger partial charge on any atom is -0.342 e. The number of nitrogens with one attached hydrogen (secondary N) is 1. The third-order valence-corrected chi connectivity index (χ3v) is 17.9. The van der Waals surface area contributed by atoms with Crippen LogP contribution in [0.25, 0.3) is 0 Å². The first-order valence-corrected chi connectivity index (χ1v) is 28.7. The maximum absolute atomic E-state index is 14.9. The molecule has 13 heteroatoms.